The van der Waals surface area contributed by atoms with Crippen LogP contribution in [-0.4, -0.2) is 63.3 Å². The van der Waals surface area contributed by atoms with E-state index in [9.17, 15) is 4.79 Å². The van der Waals surface area contributed by atoms with Crippen LogP contribution >= 0.6 is 0 Å². The molecule has 0 aromatic heterocycles. The predicted molar refractivity (Wildman–Crippen MR) is 68.0 cm³/mol. The van der Waals surface area contributed by atoms with Crippen molar-refractivity contribution in [3.63, 3.8) is 0 Å². The van der Waals surface area contributed by atoms with Crippen LogP contribution in [0.5, 0.6) is 0 Å². The fourth-order valence-electron chi connectivity index (χ4n) is 1.77. The summed E-state index contributed by atoms with van der Waals surface area (Å²) in [6.07, 6.45) is 1.68. The third-order valence-corrected chi connectivity index (χ3v) is 2.81. The van der Waals surface area contributed by atoms with Crippen LogP contribution in [0.2, 0.25) is 0 Å². The lowest BCUT2D eigenvalue weighted by Gasteiger charge is -2.26. The molecule has 2 N–H and O–H groups in total. The van der Waals surface area contributed by atoms with Gasteiger partial charge < -0.3 is 15.4 Å². The third-order valence-electron chi connectivity index (χ3n) is 2.81. The Kier molecular flexibility index (Phi) is 7.96. The maximum atomic E-state index is 11.5. The first kappa shape index (κ1) is 14.4. The summed E-state index contributed by atoms with van der Waals surface area (Å²) in [5.74, 6) is 0.141. The average Bonchev–Trinajstić information content (AvgIpc) is 2.36. The number of rotatable bonds is 8. The lowest BCUT2D eigenvalue weighted by Crippen LogP contribution is -2.41. The van der Waals surface area contributed by atoms with Crippen molar-refractivity contribution in [3.8, 4) is 0 Å². The van der Waals surface area contributed by atoms with Crippen molar-refractivity contribution in [2.75, 3.05) is 52.5 Å². The summed E-state index contributed by atoms with van der Waals surface area (Å²) >= 11 is 0. The van der Waals surface area contributed by atoms with Crippen molar-refractivity contribution >= 4 is 5.91 Å². The first-order valence-electron chi connectivity index (χ1n) is 6.60. The topological polar surface area (TPSA) is 53.6 Å². The number of amides is 1. The molecule has 1 heterocycles. The molecule has 0 aromatic rings. The van der Waals surface area contributed by atoms with Crippen molar-refractivity contribution in [2.24, 2.45) is 0 Å². The van der Waals surface area contributed by atoms with Crippen molar-refractivity contribution < 1.29 is 9.53 Å². The van der Waals surface area contributed by atoms with Gasteiger partial charge in [-0.1, -0.05) is 6.92 Å². The van der Waals surface area contributed by atoms with E-state index in [1.807, 2.05) is 0 Å². The number of nitrogens with zero attached hydrogens (tertiary/aromatic N) is 1. The standard InChI is InChI=1S/C12H25N3O2/c1-2-4-13-5-3-12(16)14-6-7-15-8-10-17-11-9-15/h13H,2-11H2,1H3,(H,14,16). The maximum Gasteiger partial charge on any atom is 0.221 e. The van der Waals surface area contributed by atoms with E-state index in [-0.39, 0.29) is 5.91 Å². The molecule has 100 valence electrons. The van der Waals surface area contributed by atoms with Gasteiger partial charge in [-0.25, -0.2) is 0 Å². The first-order chi connectivity index (χ1) is 8.33. The van der Waals surface area contributed by atoms with Crippen molar-refractivity contribution in [1.82, 2.24) is 15.5 Å². The van der Waals surface area contributed by atoms with Crippen LogP contribution in [-0.2, 0) is 9.53 Å². The second-order valence-corrected chi connectivity index (χ2v) is 4.30. The van der Waals surface area contributed by atoms with Gasteiger partial charge in [0.05, 0.1) is 13.2 Å². The summed E-state index contributed by atoms with van der Waals surface area (Å²) in [5, 5.41) is 6.16. The van der Waals surface area contributed by atoms with Gasteiger partial charge >= 0.3 is 0 Å². The minimum Gasteiger partial charge on any atom is -0.379 e. The molecule has 0 radical (unpaired) electrons. The predicted octanol–water partition coefficient (Wildman–Crippen LogP) is -0.175. The fraction of sp³-hybridized carbons (Fsp3) is 0.917. The van der Waals surface area contributed by atoms with Gasteiger partial charge in [-0.2, -0.15) is 0 Å². The molecule has 0 bridgehead atoms. The number of nitrogens with one attached hydrogen (secondary N) is 2. The second-order valence-electron chi connectivity index (χ2n) is 4.30. The molecule has 0 spiro atoms. The Balaban J connectivity index is 1.92. The van der Waals surface area contributed by atoms with Gasteiger partial charge in [0.15, 0.2) is 0 Å². The Labute approximate surface area is 104 Å². The number of hydrogen-bond acceptors (Lipinski definition) is 4. The van der Waals surface area contributed by atoms with Crippen LogP contribution in [0.1, 0.15) is 19.8 Å². The molecule has 5 heteroatoms. The summed E-state index contributed by atoms with van der Waals surface area (Å²) in [4.78, 5) is 13.8. The lowest BCUT2D eigenvalue weighted by molar-refractivity contribution is -0.121. The van der Waals surface area contributed by atoms with Gasteiger partial charge in [0.1, 0.15) is 0 Å². The van der Waals surface area contributed by atoms with Gasteiger partial charge in [-0.3, -0.25) is 9.69 Å². The molecule has 0 unspecified atom stereocenters. The van der Waals surface area contributed by atoms with Gasteiger partial charge in [0.25, 0.3) is 0 Å². The first-order valence-corrected chi connectivity index (χ1v) is 6.60. The Morgan fingerprint density at radius 1 is 1.24 bits per heavy atom. The molecule has 1 fully saturated rings. The minimum atomic E-state index is 0.141. The highest BCUT2D eigenvalue weighted by Crippen LogP contribution is 1.94. The van der Waals surface area contributed by atoms with E-state index in [4.69, 9.17) is 4.74 Å². The summed E-state index contributed by atoms with van der Waals surface area (Å²) in [7, 11) is 0. The maximum absolute atomic E-state index is 11.5. The lowest BCUT2D eigenvalue weighted by atomic mass is 10.3. The minimum absolute atomic E-state index is 0.141. The molecule has 0 atom stereocenters. The van der Waals surface area contributed by atoms with Crippen LogP contribution < -0.4 is 10.6 Å². The summed E-state index contributed by atoms with van der Waals surface area (Å²) in [5.41, 5.74) is 0. The molecule has 1 aliphatic heterocycles. The van der Waals surface area contributed by atoms with Crippen LogP contribution in [0.15, 0.2) is 0 Å². The fourth-order valence-corrected chi connectivity index (χ4v) is 1.77. The normalized spacial score (nSPS) is 17.0. The van der Waals surface area contributed by atoms with E-state index in [0.717, 1.165) is 58.9 Å². The van der Waals surface area contributed by atoms with Crippen LogP contribution in [0.3, 0.4) is 0 Å². The Bertz CT molecular complexity index is 206. The monoisotopic (exact) mass is 243 g/mol. The van der Waals surface area contributed by atoms with Crippen LogP contribution in [0.4, 0.5) is 0 Å². The smallest absolute Gasteiger partial charge is 0.221 e. The van der Waals surface area contributed by atoms with Gasteiger partial charge in [0.2, 0.25) is 5.91 Å². The largest absolute Gasteiger partial charge is 0.379 e. The molecule has 0 aromatic carbocycles. The Hall–Kier alpha value is -0.650. The molecule has 1 aliphatic rings. The number of morpholine rings is 1. The van der Waals surface area contributed by atoms with Crippen LogP contribution in [0, 0.1) is 0 Å². The van der Waals surface area contributed by atoms with Crippen molar-refractivity contribution in [3.05, 3.63) is 0 Å². The highest BCUT2D eigenvalue weighted by Gasteiger charge is 2.09. The van der Waals surface area contributed by atoms with Gasteiger partial charge in [-0.05, 0) is 13.0 Å². The number of carbonyl (C=O) groups is 1. The molecule has 0 saturated carbocycles. The van der Waals surface area contributed by atoms with Crippen molar-refractivity contribution in [1.29, 1.82) is 0 Å². The summed E-state index contributed by atoms with van der Waals surface area (Å²) in [6, 6.07) is 0. The Morgan fingerprint density at radius 2 is 2.00 bits per heavy atom. The van der Waals surface area contributed by atoms with Gasteiger partial charge in [-0.15, -0.1) is 0 Å². The van der Waals surface area contributed by atoms with E-state index in [2.05, 4.69) is 22.5 Å². The van der Waals surface area contributed by atoms with Crippen molar-refractivity contribution in [2.45, 2.75) is 19.8 Å². The second kappa shape index (κ2) is 9.39. The van der Waals surface area contributed by atoms with E-state index in [1.54, 1.807) is 0 Å². The van der Waals surface area contributed by atoms with E-state index in [1.165, 1.54) is 0 Å². The van der Waals surface area contributed by atoms with E-state index < -0.39 is 0 Å². The third kappa shape index (κ3) is 7.31. The quantitative estimate of drug-likeness (QED) is 0.581. The number of hydrogen-bond donors (Lipinski definition) is 2. The average molecular weight is 243 g/mol. The van der Waals surface area contributed by atoms with Crippen LogP contribution in [0.25, 0.3) is 0 Å². The zero-order chi connectivity index (χ0) is 12.3. The van der Waals surface area contributed by atoms with E-state index in [0.29, 0.717) is 6.42 Å². The van der Waals surface area contributed by atoms with Gasteiger partial charge in [0, 0.05) is 39.1 Å². The number of carbonyl (C=O) groups excluding carboxylic acids is 1. The summed E-state index contributed by atoms with van der Waals surface area (Å²) < 4.78 is 5.27. The zero-order valence-electron chi connectivity index (χ0n) is 10.8. The summed E-state index contributed by atoms with van der Waals surface area (Å²) in [6.45, 7) is 9.14. The number of ether oxygens (including phenoxy) is 1. The molecular formula is C12H25N3O2. The Morgan fingerprint density at radius 3 is 2.71 bits per heavy atom. The SMILES string of the molecule is CCCNCCC(=O)NCCN1CCOCC1. The molecule has 5 nitrogen and oxygen atoms in total. The molecule has 17 heavy (non-hydrogen) atoms. The molecule has 1 rings (SSSR count). The molecule has 0 aliphatic carbocycles. The molecule has 1 amide bonds. The molecule has 1 saturated heterocycles. The van der Waals surface area contributed by atoms with E-state index >= 15 is 0 Å². The molecular weight excluding hydrogens is 218 g/mol. The zero-order valence-corrected chi connectivity index (χ0v) is 10.8. The highest BCUT2D eigenvalue weighted by atomic mass is 16.5. The highest BCUT2D eigenvalue weighted by molar-refractivity contribution is 5.76.